The van der Waals surface area contributed by atoms with Gasteiger partial charge < -0.3 is 35.3 Å². The molecule has 1 fully saturated rings. The molecule has 0 aliphatic heterocycles. The van der Waals surface area contributed by atoms with Gasteiger partial charge in [0.1, 0.15) is 0 Å². The summed E-state index contributed by atoms with van der Waals surface area (Å²) in [5.74, 6) is 0.296. The molecule has 2 amide bonds. The number of amides is 2. The first-order valence-corrected chi connectivity index (χ1v) is 50.3. The van der Waals surface area contributed by atoms with E-state index in [-0.39, 0.29) is 23.9 Å². The molecular weight excluding hydrogens is 933 g/mol. The molecule has 18 heteroatoms. The van der Waals surface area contributed by atoms with Crippen LogP contribution >= 0.6 is 0 Å². The molecule has 0 radical (unpaired) electrons. The SMILES string of the molecule is C[Si](C)(C)O[Si](C)(C)O[Si](C)(C)O[Si](C)(C)CCCCCCCCCCC(=O)N[C@@H]1CCCC[C@H]1NC(=O)CCCCCCCCCC[Si](C)(C)O[Si](C)(C)O[Si](C)(C)O[Si](C)(C)C. The van der Waals surface area contributed by atoms with Gasteiger partial charge in [0.15, 0.2) is 33.3 Å². The summed E-state index contributed by atoms with van der Waals surface area (Å²) in [5, 5.41) is 6.61. The van der Waals surface area contributed by atoms with Gasteiger partial charge in [-0.05, 0) is 156 Å². The van der Waals surface area contributed by atoms with Crippen LogP contribution < -0.4 is 10.6 Å². The molecule has 10 nitrogen and oxygen atoms in total. The molecule has 0 spiro atoms. The van der Waals surface area contributed by atoms with Crippen LogP contribution in [0.2, 0.25) is 130 Å². The van der Waals surface area contributed by atoms with Crippen molar-refractivity contribution in [2.24, 2.45) is 0 Å². The lowest BCUT2D eigenvalue weighted by atomic mass is 9.90. The van der Waals surface area contributed by atoms with Crippen molar-refractivity contribution in [1.82, 2.24) is 10.6 Å². The molecule has 0 bridgehead atoms. The molecule has 0 saturated heterocycles. The van der Waals surface area contributed by atoms with E-state index in [2.05, 4.69) is 128 Å². The van der Waals surface area contributed by atoms with Crippen LogP contribution in [0.15, 0.2) is 0 Å². The average Bonchev–Trinajstić information content (AvgIpc) is 3.06. The number of carbonyl (C=O) groups is 2. The number of carbonyl (C=O) groups excluding carboxylic acids is 2. The zero-order valence-corrected chi connectivity index (χ0v) is 53.4. The second-order valence-corrected chi connectivity index (χ2v) is 56.8. The lowest BCUT2D eigenvalue weighted by molar-refractivity contribution is -0.125. The molecule has 64 heavy (non-hydrogen) atoms. The third-order valence-electron chi connectivity index (χ3n) is 11.5. The van der Waals surface area contributed by atoms with Gasteiger partial charge in [-0.15, -0.1) is 0 Å². The summed E-state index contributed by atoms with van der Waals surface area (Å²) in [5.41, 5.74) is 0. The average molecular weight is 1040 g/mol. The van der Waals surface area contributed by atoms with E-state index in [0.717, 1.165) is 51.4 Å². The first-order valence-electron chi connectivity index (χ1n) is 26.0. The van der Waals surface area contributed by atoms with E-state index in [0.29, 0.717) is 12.8 Å². The quantitative estimate of drug-likeness (QED) is 0.0471. The fraction of sp³-hybridized carbons (Fsp3) is 0.957. The molecular formula is C46H106N2O8Si8. The summed E-state index contributed by atoms with van der Waals surface area (Å²) in [6.45, 7) is 40.2. The maximum absolute atomic E-state index is 12.9. The van der Waals surface area contributed by atoms with E-state index >= 15 is 0 Å². The zero-order valence-electron chi connectivity index (χ0n) is 45.4. The van der Waals surface area contributed by atoms with Crippen molar-refractivity contribution >= 4 is 79.3 Å². The summed E-state index contributed by atoms with van der Waals surface area (Å²) in [7, 11) is -15.8. The highest BCUT2D eigenvalue weighted by Crippen LogP contribution is 2.29. The Labute approximate surface area is 405 Å². The topological polar surface area (TPSA) is 114 Å². The normalized spacial score (nSPS) is 17.5. The minimum atomic E-state index is -2.25. The molecule has 2 N–H and O–H groups in total. The van der Waals surface area contributed by atoms with Crippen molar-refractivity contribution in [2.75, 3.05) is 0 Å². The van der Waals surface area contributed by atoms with Crippen LogP contribution in [0.25, 0.3) is 0 Å². The van der Waals surface area contributed by atoms with Crippen LogP contribution in [0.1, 0.15) is 141 Å². The molecule has 0 heterocycles. The standard InChI is InChI=1S/C46H106N2O8Si8/c1-57(2,3)51-61(11,12)55-63(15,16)53-59(7,8)41-35-29-25-21-19-23-27-31-39-45(49)47-43-37-33-34-38-44(43)48-46(50)40-32-28-24-20-22-26-30-36-42-60(9,10)54-64(17,18)56-62(13,14)52-58(4,5)6/h43-44H,19-42H2,1-18H3,(H,47,49)(H,48,50)/t43-,44-/m1/s1. The molecule has 380 valence electrons. The fourth-order valence-electron chi connectivity index (χ4n) is 10.0. The predicted molar refractivity (Wildman–Crippen MR) is 293 cm³/mol. The van der Waals surface area contributed by atoms with Gasteiger partial charge in [-0.2, -0.15) is 0 Å². The number of nitrogens with one attached hydrogen (secondary N) is 2. The Bertz CT molecular complexity index is 1230. The van der Waals surface area contributed by atoms with E-state index in [4.69, 9.17) is 24.7 Å². The Hall–Kier alpha value is 0.435. The van der Waals surface area contributed by atoms with E-state index in [1.807, 2.05) is 0 Å². The second-order valence-electron chi connectivity index (χ2n) is 24.2. The smallest absolute Gasteiger partial charge is 0.312 e. The van der Waals surface area contributed by atoms with E-state index < -0.39 is 67.5 Å². The van der Waals surface area contributed by atoms with E-state index in [1.54, 1.807) is 0 Å². The maximum atomic E-state index is 12.9. The summed E-state index contributed by atoms with van der Waals surface area (Å²) < 4.78 is 39.6. The number of hydrogen-bond acceptors (Lipinski definition) is 8. The van der Waals surface area contributed by atoms with Gasteiger partial charge in [0.05, 0.1) is 0 Å². The van der Waals surface area contributed by atoms with Crippen molar-refractivity contribution in [2.45, 2.75) is 283 Å². The Morgan fingerprint density at radius 2 is 0.609 bits per heavy atom. The molecule has 1 rings (SSSR count). The highest BCUT2D eigenvalue weighted by molar-refractivity contribution is 6.90. The van der Waals surface area contributed by atoms with Gasteiger partial charge in [0.2, 0.25) is 11.8 Å². The van der Waals surface area contributed by atoms with Crippen LogP contribution in [-0.2, 0) is 34.3 Å². The number of hydrogen-bond donors (Lipinski definition) is 2. The summed E-state index contributed by atoms with van der Waals surface area (Å²) in [4.78, 5) is 25.8. The Morgan fingerprint density at radius 3 is 0.891 bits per heavy atom. The largest absolute Gasteiger partial charge is 0.437 e. The minimum Gasteiger partial charge on any atom is -0.437 e. The highest BCUT2D eigenvalue weighted by Gasteiger charge is 2.43. The molecule has 0 unspecified atom stereocenters. The van der Waals surface area contributed by atoms with Crippen molar-refractivity contribution in [3.05, 3.63) is 0 Å². The lowest BCUT2D eigenvalue weighted by Gasteiger charge is -2.40. The maximum Gasteiger partial charge on any atom is 0.312 e. The van der Waals surface area contributed by atoms with E-state index in [1.165, 1.54) is 89.1 Å². The highest BCUT2D eigenvalue weighted by atomic mass is 28.5. The molecule has 1 saturated carbocycles. The number of unbranched alkanes of at least 4 members (excludes halogenated alkanes) is 14. The van der Waals surface area contributed by atoms with Gasteiger partial charge in [-0.25, -0.2) is 0 Å². The predicted octanol–water partition coefficient (Wildman–Crippen LogP) is 14.5. The Balaban J connectivity index is 2.17. The molecule has 1 aliphatic rings. The van der Waals surface area contributed by atoms with Crippen LogP contribution in [0.3, 0.4) is 0 Å². The Morgan fingerprint density at radius 1 is 0.359 bits per heavy atom. The fourth-order valence-corrected chi connectivity index (χ4v) is 47.1. The van der Waals surface area contributed by atoms with Crippen LogP contribution in [-0.4, -0.2) is 91.4 Å². The number of rotatable bonds is 36. The van der Waals surface area contributed by atoms with Crippen molar-refractivity contribution in [3.8, 4) is 0 Å². The van der Waals surface area contributed by atoms with Gasteiger partial charge in [-0.1, -0.05) is 103 Å². The first kappa shape index (κ1) is 62.5. The van der Waals surface area contributed by atoms with Crippen molar-refractivity contribution < 1.29 is 34.3 Å². The zero-order chi connectivity index (χ0) is 48.9. The third kappa shape index (κ3) is 33.9. The molecule has 0 aromatic carbocycles. The summed E-state index contributed by atoms with van der Waals surface area (Å²) in [6, 6.07) is 2.48. The monoisotopic (exact) mass is 1040 g/mol. The van der Waals surface area contributed by atoms with Crippen LogP contribution in [0.4, 0.5) is 0 Å². The summed E-state index contributed by atoms with van der Waals surface area (Å²) >= 11 is 0. The van der Waals surface area contributed by atoms with Crippen molar-refractivity contribution in [1.29, 1.82) is 0 Å². The molecule has 0 aromatic heterocycles. The first-order chi connectivity index (χ1) is 29.2. The van der Waals surface area contributed by atoms with Gasteiger partial charge in [0.25, 0.3) is 0 Å². The van der Waals surface area contributed by atoms with Crippen LogP contribution in [0, 0.1) is 0 Å². The molecule has 2 atom stereocenters. The van der Waals surface area contributed by atoms with Crippen LogP contribution in [0.5, 0.6) is 0 Å². The van der Waals surface area contributed by atoms with Crippen molar-refractivity contribution in [3.63, 3.8) is 0 Å². The van der Waals surface area contributed by atoms with E-state index in [9.17, 15) is 9.59 Å². The lowest BCUT2D eigenvalue weighted by Crippen LogP contribution is -2.55. The summed E-state index contributed by atoms with van der Waals surface area (Å²) in [6.07, 6.45) is 24.3. The Kier molecular flexibility index (Phi) is 28.2. The van der Waals surface area contributed by atoms with Gasteiger partial charge in [0, 0.05) is 24.9 Å². The minimum absolute atomic E-state index is 0.0622. The third-order valence-corrected chi connectivity index (χ3v) is 39.6. The molecule has 1 aliphatic carbocycles. The van der Waals surface area contributed by atoms with Gasteiger partial charge in [-0.3, -0.25) is 9.59 Å². The van der Waals surface area contributed by atoms with Gasteiger partial charge >= 0.3 is 34.2 Å². The second kappa shape index (κ2) is 28.9. The molecule has 0 aromatic rings.